The van der Waals surface area contributed by atoms with Gasteiger partial charge >= 0.3 is 0 Å². The molecule has 11 heavy (non-hydrogen) atoms. The summed E-state index contributed by atoms with van der Waals surface area (Å²) in [5.41, 5.74) is 5.61. The van der Waals surface area contributed by atoms with Crippen molar-refractivity contribution in [3.63, 3.8) is 0 Å². The van der Waals surface area contributed by atoms with E-state index in [0.29, 0.717) is 19.3 Å². The van der Waals surface area contributed by atoms with E-state index in [1.54, 1.807) is 0 Å². The molecule has 0 radical (unpaired) electrons. The molecular weight excluding hydrogens is 186 g/mol. The first-order valence-electron chi connectivity index (χ1n) is 3.36. The second-order valence-corrected chi connectivity index (χ2v) is 6.26. The molecular formula is C6H12ClNO2S. The predicted octanol–water partition coefficient (Wildman–Crippen LogP) is 0.0866. The Bertz CT molecular complexity index is 265. The first-order valence-corrected chi connectivity index (χ1v) is 5.25. The van der Waals surface area contributed by atoms with Gasteiger partial charge in [-0.25, -0.2) is 8.42 Å². The highest BCUT2D eigenvalue weighted by molar-refractivity contribution is 7.92. The molecule has 0 atom stereocenters. The van der Waals surface area contributed by atoms with Gasteiger partial charge in [-0.3, -0.25) is 0 Å². The lowest BCUT2D eigenvalue weighted by atomic mass is 9.49. The highest BCUT2D eigenvalue weighted by atomic mass is 35.5. The zero-order chi connectivity index (χ0) is 7.62. The second kappa shape index (κ2) is 1.92. The molecule has 3 saturated carbocycles. The van der Waals surface area contributed by atoms with Gasteiger partial charge in [-0.15, -0.1) is 12.4 Å². The lowest BCUT2D eigenvalue weighted by molar-refractivity contribution is 0.0102. The summed E-state index contributed by atoms with van der Waals surface area (Å²) in [5, 5.41) is 0. The molecule has 0 heterocycles. The molecule has 2 N–H and O–H groups in total. The Labute approximate surface area is 72.7 Å². The van der Waals surface area contributed by atoms with Crippen LogP contribution in [-0.2, 0) is 9.84 Å². The number of nitrogens with two attached hydrogens (primary N) is 1. The third kappa shape index (κ3) is 0.927. The molecule has 0 spiro atoms. The van der Waals surface area contributed by atoms with Gasteiger partial charge in [0.05, 0.1) is 4.75 Å². The SMILES string of the molecule is CS(=O)(=O)C12CC(N)(C1)C2.Cl. The summed E-state index contributed by atoms with van der Waals surface area (Å²) in [6, 6.07) is 0. The smallest absolute Gasteiger partial charge is 0.153 e. The van der Waals surface area contributed by atoms with Crippen molar-refractivity contribution in [3.05, 3.63) is 0 Å². The molecule has 0 aromatic heterocycles. The number of rotatable bonds is 1. The lowest BCUT2D eigenvalue weighted by Gasteiger charge is -2.67. The zero-order valence-electron chi connectivity index (χ0n) is 6.33. The fourth-order valence-corrected chi connectivity index (χ4v) is 3.81. The summed E-state index contributed by atoms with van der Waals surface area (Å²) in [6.07, 6.45) is 3.39. The van der Waals surface area contributed by atoms with Crippen LogP contribution < -0.4 is 5.73 Å². The number of sulfone groups is 1. The Morgan fingerprint density at radius 3 is 1.73 bits per heavy atom. The van der Waals surface area contributed by atoms with Gasteiger partial charge in [-0.1, -0.05) is 0 Å². The Hall–Kier alpha value is 0.200. The first kappa shape index (κ1) is 9.29. The van der Waals surface area contributed by atoms with E-state index < -0.39 is 9.84 Å². The van der Waals surface area contributed by atoms with Crippen molar-refractivity contribution in [2.75, 3.05) is 6.26 Å². The molecule has 3 aliphatic rings. The van der Waals surface area contributed by atoms with Crippen molar-refractivity contribution in [2.24, 2.45) is 5.73 Å². The molecule has 2 bridgehead atoms. The van der Waals surface area contributed by atoms with E-state index in [9.17, 15) is 8.42 Å². The minimum Gasteiger partial charge on any atom is -0.325 e. The van der Waals surface area contributed by atoms with Crippen LogP contribution in [0.2, 0.25) is 0 Å². The van der Waals surface area contributed by atoms with Crippen molar-refractivity contribution in [1.82, 2.24) is 0 Å². The van der Waals surface area contributed by atoms with Gasteiger partial charge in [0.25, 0.3) is 0 Å². The Kier molecular flexibility index (Phi) is 1.62. The minimum absolute atomic E-state index is 0. The zero-order valence-corrected chi connectivity index (χ0v) is 7.96. The molecule has 0 amide bonds. The molecule has 0 aliphatic heterocycles. The van der Waals surface area contributed by atoms with Gasteiger partial charge < -0.3 is 5.73 Å². The number of halogens is 1. The van der Waals surface area contributed by atoms with E-state index in [-0.39, 0.29) is 22.7 Å². The van der Waals surface area contributed by atoms with Crippen molar-refractivity contribution in [2.45, 2.75) is 29.5 Å². The Balaban J connectivity index is 0.000000605. The lowest BCUT2D eigenvalue weighted by Crippen LogP contribution is -2.79. The largest absolute Gasteiger partial charge is 0.325 e. The molecule has 3 aliphatic carbocycles. The maximum Gasteiger partial charge on any atom is 0.153 e. The average molecular weight is 198 g/mol. The fourth-order valence-electron chi connectivity index (χ4n) is 2.16. The van der Waals surface area contributed by atoms with Crippen LogP contribution in [0.1, 0.15) is 19.3 Å². The van der Waals surface area contributed by atoms with Crippen LogP contribution >= 0.6 is 12.4 Å². The maximum atomic E-state index is 11.1. The number of hydrogen-bond donors (Lipinski definition) is 1. The normalized spacial score (nSPS) is 46.7. The standard InChI is InChI=1S/C6H11NO2S.ClH/c1-10(8,9)6-2-5(7,3-6)4-6;/h2-4,7H2,1H3;1H. The predicted molar refractivity (Wildman–Crippen MR) is 45.6 cm³/mol. The van der Waals surface area contributed by atoms with E-state index in [0.717, 1.165) is 0 Å². The van der Waals surface area contributed by atoms with Crippen LogP contribution in [0.15, 0.2) is 0 Å². The monoisotopic (exact) mass is 197 g/mol. The van der Waals surface area contributed by atoms with Crippen LogP contribution in [0.25, 0.3) is 0 Å². The van der Waals surface area contributed by atoms with Gasteiger partial charge in [-0.2, -0.15) is 0 Å². The van der Waals surface area contributed by atoms with E-state index in [1.807, 2.05) is 0 Å². The summed E-state index contributed by atoms with van der Waals surface area (Å²) in [4.78, 5) is 0. The van der Waals surface area contributed by atoms with Crippen LogP contribution in [0.4, 0.5) is 0 Å². The average Bonchev–Trinajstić information content (AvgIpc) is 1.51. The van der Waals surface area contributed by atoms with E-state index in [4.69, 9.17) is 5.73 Å². The third-order valence-corrected chi connectivity index (χ3v) is 4.82. The van der Waals surface area contributed by atoms with Crippen molar-refractivity contribution >= 4 is 22.2 Å². The molecule has 0 saturated heterocycles. The summed E-state index contributed by atoms with van der Waals surface area (Å²) in [6.45, 7) is 0. The van der Waals surface area contributed by atoms with Gasteiger partial charge in [0.2, 0.25) is 0 Å². The minimum atomic E-state index is -2.82. The molecule has 3 nitrogen and oxygen atoms in total. The van der Waals surface area contributed by atoms with E-state index >= 15 is 0 Å². The summed E-state index contributed by atoms with van der Waals surface area (Å²) < 4.78 is 21.7. The molecule has 0 unspecified atom stereocenters. The molecule has 5 heteroatoms. The second-order valence-electron chi connectivity index (χ2n) is 3.85. The molecule has 66 valence electrons. The summed E-state index contributed by atoms with van der Waals surface area (Å²) >= 11 is 0. The van der Waals surface area contributed by atoms with Crippen molar-refractivity contribution < 1.29 is 8.42 Å². The Morgan fingerprint density at radius 1 is 1.27 bits per heavy atom. The molecule has 3 rings (SSSR count). The van der Waals surface area contributed by atoms with Crippen molar-refractivity contribution in [1.29, 1.82) is 0 Å². The number of hydrogen-bond acceptors (Lipinski definition) is 3. The third-order valence-electron chi connectivity index (χ3n) is 2.81. The quantitative estimate of drug-likeness (QED) is 0.648. The highest BCUT2D eigenvalue weighted by Crippen LogP contribution is 2.62. The van der Waals surface area contributed by atoms with Gasteiger partial charge in [0, 0.05) is 11.8 Å². The summed E-state index contributed by atoms with van der Waals surface area (Å²) in [7, 11) is -2.82. The van der Waals surface area contributed by atoms with E-state index in [2.05, 4.69) is 0 Å². The topological polar surface area (TPSA) is 60.2 Å². The van der Waals surface area contributed by atoms with Gasteiger partial charge in [0.1, 0.15) is 0 Å². The van der Waals surface area contributed by atoms with Crippen LogP contribution in [-0.4, -0.2) is 25.0 Å². The fraction of sp³-hybridized carbons (Fsp3) is 1.00. The van der Waals surface area contributed by atoms with Gasteiger partial charge in [-0.05, 0) is 19.3 Å². The van der Waals surface area contributed by atoms with E-state index in [1.165, 1.54) is 6.26 Å². The summed E-state index contributed by atoms with van der Waals surface area (Å²) in [5.74, 6) is 0. The Morgan fingerprint density at radius 2 is 1.64 bits per heavy atom. The highest BCUT2D eigenvalue weighted by Gasteiger charge is 2.71. The molecule has 0 aromatic carbocycles. The maximum absolute atomic E-state index is 11.1. The molecule has 3 fully saturated rings. The van der Waals surface area contributed by atoms with Gasteiger partial charge in [0.15, 0.2) is 9.84 Å². The van der Waals surface area contributed by atoms with Crippen LogP contribution in [0.5, 0.6) is 0 Å². The van der Waals surface area contributed by atoms with Crippen LogP contribution in [0, 0.1) is 0 Å². The first-order chi connectivity index (χ1) is 4.37. The van der Waals surface area contributed by atoms with Crippen molar-refractivity contribution in [3.8, 4) is 0 Å². The van der Waals surface area contributed by atoms with Crippen LogP contribution in [0.3, 0.4) is 0 Å². The molecule has 0 aromatic rings.